The van der Waals surface area contributed by atoms with Gasteiger partial charge in [0.2, 0.25) is 11.8 Å². The fourth-order valence-corrected chi connectivity index (χ4v) is 4.72. The van der Waals surface area contributed by atoms with Gasteiger partial charge < -0.3 is 19.1 Å². The second-order valence-corrected chi connectivity index (χ2v) is 8.71. The number of likely N-dealkylation sites (tertiary alicyclic amines) is 1. The summed E-state index contributed by atoms with van der Waals surface area (Å²) < 4.78 is 19.1. The number of nitrogens with zero attached hydrogens (tertiary/aromatic N) is 4. The number of rotatable bonds is 8. The van der Waals surface area contributed by atoms with Crippen LogP contribution in [0.4, 0.5) is 0 Å². The number of carbonyl (C=O) groups excluding carboxylic acids is 1. The molecule has 1 amide bonds. The van der Waals surface area contributed by atoms with Crippen molar-refractivity contribution < 1.29 is 19.0 Å². The minimum atomic E-state index is 0.0831. The highest BCUT2D eigenvalue weighted by Crippen LogP contribution is 2.31. The molecule has 8 heteroatoms. The zero-order valence-electron chi connectivity index (χ0n) is 20.8. The molecule has 8 nitrogen and oxygen atoms in total. The Hall–Kier alpha value is -3.29. The van der Waals surface area contributed by atoms with E-state index in [9.17, 15) is 4.79 Å². The number of methoxy groups -OCH3 is 1. The van der Waals surface area contributed by atoms with Gasteiger partial charge in [-0.3, -0.25) is 4.79 Å². The zero-order chi connectivity index (χ0) is 24.2. The molecule has 1 aliphatic rings. The Bertz CT molecular complexity index is 1170. The molecule has 0 saturated carbocycles. The summed E-state index contributed by atoms with van der Waals surface area (Å²) in [6.07, 6.45) is 2.81. The van der Waals surface area contributed by atoms with Crippen molar-refractivity contribution in [2.45, 2.75) is 52.6 Å². The lowest BCUT2D eigenvalue weighted by molar-refractivity contribution is -0.132. The van der Waals surface area contributed by atoms with Crippen LogP contribution in [0.2, 0.25) is 0 Å². The van der Waals surface area contributed by atoms with E-state index in [0.717, 1.165) is 52.2 Å². The summed E-state index contributed by atoms with van der Waals surface area (Å²) in [7, 11) is 3.48. The van der Waals surface area contributed by atoms with Crippen LogP contribution in [0, 0.1) is 13.8 Å². The Morgan fingerprint density at radius 2 is 1.85 bits per heavy atom. The average molecular weight is 467 g/mol. The van der Waals surface area contributed by atoms with Gasteiger partial charge in [-0.2, -0.15) is 0 Å². The lowest BCUT2D eigenvalue weighted by Crippen LogP contribution is -2.41. The van der Waals surface area contributed by atoms with Gasteiger partial charge >= 0.3 is 0 Å². The molecule has 3 aromatic rings. The van der Waals surface area contributed by atoms with Gasteiger partial charge in [-0.25, -0.2) is 9.67 Å². The lowest BCUT2D eigenvalue weighted by atomic mass is 9.99. The zero-order valence-corrected chi connectivity index (χ0v) is 20.8. The van der Waals surface area contributed by atoms with Gasteiger partial charge in [-0.15, -0.1) is 5.10 Å². The van der Waals surface area contributed by atoms with Gasteiger partial charge in [0, 0.05) is 45.1 Å². The Labute approximate surface area is 200 Å². The van der Waals surface area contributed by atoms with Crippen molar-refractivity contribution in [1.29, 1.82) is 0 Å². The summed E-state index contributed by atoms with van der Waals surface area (Å²) >= 11 is 0. The summed E-state index contributed by atoms with van der Waals surface area (Å²) in [6.45, 7) is 8.02. The second kappa shape index (κ2) is 10.3. The van der Waals surface area contributed by atoms with Gasteiger partial charge in [0.25, 0.3) is 0 Å². The molecular formula is C26H34N4O4. The molecule has 0 radical (unpaired) electrons. The molecule has 1 aromatic carbocycles. The number of ether oxygens (including phenoxy) is 3. The molecule has 4 rings (SSSR count). The minimum absolute atomic E-state index is 0.0831. The molecule has 0 aliphatic carbocycles. The molecule has 1 saturated heterocycles. The molecule has 0 atom stereocenters. The fraction of sp³-hybridized carbons (Fsp3) is 0.500. The van der Waals surface area contributed by atoms with Gasteiger partial charge in [-0.05, 0) is 50.5 Å². The highest BCUT2D eigenvalue weighted by atomic mass is 16.5. The second-order valence-electron chi connectivity index (χ2n) is 8.71. The number of para-hydroxylation sites is 2. The SMILES string of the molecule is CCOc1ccccc1OC1CCN(C(=O)CCc2c(C)nc3c(c(OC)nn3C)c2C)CC1. The number of hydrogen-bond acceptors (Lipinski definition) is 6. The molecule has 0 bridgehead atoms. The smallest absolute Gasteiger partial charge is 0.242 e. The number of amides is 1. The van der Waals surface area contributed by atoms with E-state index in [0.29, 0.717) is 38.4 Å². The maximum atomic E-state index is 13.0. The Kier molecular flexibility index (Phi) is 7.24. The summed E-state index contributed by atoms with van der Waals surface area (Å²) in [5, 5.41) is 5.33. The first kappa shape index (κ1) is 23.9. The van der Waals surface area contributed by atoms with Crippen LogP contribution in [0.15, 0.2) is 24.3 Å². The molecule has 1 aliphatic heterocycles. The van der Waals surface area contributed by atoms with Crippen molar-refractivity contribution in [1.82, 2.24) is 19.7 Å². The van der Waals surface area contributed by atoms with E-state index >= 15 is 0 Å². The number of aromatic nitrogens is 3. The molecule has 0 N–H and O–H groups in total. The Morgan fingerprint density at radius 1 is 1.15 bits per heavy atom. The van der Waals surface area contributed by atoms with Crippen LogP contribution in [0.5, 0.6) is 17.4 Å². The summed E-state index contributed by atoms with van der Waals surface area (Å²) in [5.74, 6) is 2.28. The predicted molar refractivity (Wildman–Crippen MR) is 131 cm³/mol. The van der Waals surface area contributed by atoms with E-state index in [2.05, 4.69) is 12.0 Å². The van der Waals surface area contributed by atoms with Crippen LogP contribution >= 0.6 is 0 Å². The number of aryl methyl sites for hydroxylation is 3. The van der Waals surface area contributed by atoms with E-state index in [1.807, 2.05) is 50.1 Å². The number of piperidine rings is 1. The van der Waals surface area contributed by atoms with Crippen LogP contribution in [0.3, 0.4) is 0 Å². The van der Waals surface area contributed by atoms with Crippen molar-refractivity contribution in [2.24, 2.45) is 7.05 Å². The van der Waals surface area contributed by atoms with E-state index < -0.39 is 0 Å². The molecule has 1 fully saturated rings. The van der Waals surface area contributed by atoms with Crippen molar-refractivity contribution in [3.63, 3.8) is 0 Å². The topological polar surface area (TPSA) is 78.7 Å². The van der Waals surface area contributed by atoms with Crippen LogP contribution in [0.1, 0.15) is 43.0 Å². The van der Waals surface area contributed by atoms with Crippen LogP contribution < -0.4 is 14.2 Å². The number of pyridine rings is 1. The van der Waals surface area contributed by atoms with Crippen molar-refractivity contribution in [3.05, 3.63) is 41.1 Å². The average Bonchev–Trinajstić information content (AvgIpc) is 3.16. The van der Waals surface area contributed by atoms with Gasteiger partial charge in [0.1, 0.15) is 6.10 Å². The first-order valence-corrected chi connectivity index (χ1v) is 12.0. The molecule has 3 heterocycles. The third-order valence-electron chi connectivity index (χ3n) is 6.54. The standard InChI is InChI=1S/C26H34N4O4/c1-6-33-21-9-7-8-10-22(21)34-19-13-15-30(16-14-19)23(31)12-11-20-17(2)24-25(27-18(20)3)29(4)28-26(24)32-5/h7-10,19H,6,11-16H2,1-5H3. The van der Waals surface area contributed by atoms with Crippen molar-refractivity contribution in [2.75, 3.05) is 26.8 Å². The van der Waals surface area contributed by atoms with E-state index in [-0.39, 0.29) is 12.0 Å². The third-order valence-corrected chi connectivity index (χ3v) is 6.54. The highest BCUT2D eigenvalue weighted by Gasteiger charge is 2.25. The van der Waals surface area contributed by atoms with Crippen LogP contribution in [0.25, 0.3) is 11.0 Å². The molecule has 2 aromatic heterocycles. The lowest BCUT2D eigenvalue weighted by Gasteiger charge is -2.32. The molecule has 0 spiro atoms. The third kappa shape index (κ3) is 4.81. The molecule has 34 heavy (non-hydrogen) atoms. The number of hydrogen-bond donors (Lipinski definition) is 0. The van der Waals surface area contributed by atoms with Crippen LogP contribution in [-0.4, -0.2) is 58.5 Å². The normalized spacial score (nSPS) is 14.4. The van der Waals surface area contributed by atoms with E-state index in [1.165, 1.54) is 0 Å². The maximum Gasteiger partial charge on any atom is 0.242 e. The first-order valence-electron chi connectivity index (χ1n) is 12.0. The molecular weight excluding hydrogens is 432 g/mol. The minimum Gasteiger partial charge on any atom is -0.490 e. The van der Waals surface area contributed by atoms with Gasteiger partial charge in [0.15, 0.2) is 17.1 Å². The maximum absolute atomic E-state index is 13.0. The van der Waals surface area contributed by atoms with Gasteiger partial charge in [-0.1, -0.05) is 12.1 Å². The summed E-state index contributed by atoms with van der Waals surface area (Å²) in [5.41, 5.74) is 3.91. The van der Waals surface area contributed by atoms with Crippen molar-refractivity contribution in [3.8, 4) is 17.4 Å². The van der Waals surface area contributed by atoms with Gasteiger partial charge in [0.05, 0.1) is 19.1 Å². The van der Waals surface area contributed by atoms with E-state index in [4.69, 9.17) is 19.2 Å². The molecule has 182 valence electrons. The number of benzene rings is 1. The summed E-state index contributed by atoms with van der Waals surface area (Å²) in [6, 6.07) is 7.76. The quantitative estimate of drug-likeness (QED) is 0.499. The predicted octanol–water partition coefficient (Wildman–Crippen LogP) is 4.00. The molecule has 0 unspecified atom stereocenters. The Morgan fingerprint density at radius 3 is 2.53 bits per heavy atom. The largest absolute Gasteiger partial charge is 0.490 e. The highest BCUT2D eigenvalue weighted by molar-refractivity contribution is 5.86. The monoisotopic (exact) mass is 466 g/mol. The van der Waals surface area contributed by atoms with Crippen molar-refractivity contribution >= 4 is 16.9 Å². The Balaban J connectivity index is 1.36. The number of carbonyl (C=O) groups is 1. The van der Waals surface area contributed by atoms with Crippen LogP contribution in [-0.2, 0) is 18.3 Å². The summed E-state index contributed by atoms with van der Waals surface area (Å²) in [4.78, 5) is 19.7. The first-order chi connectivity index (χ1) is 16.4. The fourth-order valence-electron chi connectivity index (χ4n) is 4.72. The number of fused-ring (bicyclic) bond motifs is 1. The van der Waals surface area contributed by atoms with E-state index in [1.54, 1.807) is 11.8 Å².